The van der Waals surface area contributed by atoms with Gasteiger partial charge in [0.05, 0.1) is 0 Å². The molecule has 0 spiro atoms. The Balaban J connectivity index is 3.17. The molecule has 114 valence electrons. The van der Waals surface area contributed by atoms with Crippen molar-refractivity contribution in [3.05, 3.63) is 29.6 Å². The van der Waals surface area contributed by atoms with Crippen molar-refractivity contribution in [1.29, 1.82) is 0 Å². The molecule has 0 aromatic heterocycles. The lowest BCUT2D eigenvalue weighted by Crippen LogP contribution is -2.38. The van der Waals surface area contributed by atoms with Gasteiger partial charge in [0.15, 0.2) is 0 Å². The smallest absolute Gasteiger partial charge is 0.123 e. The van der Waals surface area contributed by atoms with Crippen LogP contribution in [0.15, 0.2) is 18.2 Å². The molecule has 1 aromatic carbocycles. The third kappa shape index (κ3) is 4.48. The van der Waals surface area contributed by atoms with Crippen LogP contribution in [0.3, 0.4) is 0 Å². The van der Waals surface area contributed by atoms with Crippen LogP contribution in [0.5, 0.6) is 0 Å². The van der Waals surface area contributed by atoms with Crippen molar-refractivity contribution >= 4 is 5.69 Å². The Bertz CT molecular complexity index is 400. The minimum Gasteiger partial charge on any atom is -0.368 e. The zero-order valence-electron chi connectivity index (χ0n) is 13.3. The van der Waals surface area contributed by atoms with Crippen molar-refractivity contribution in [3.8, 4) is 0 Å². The minimum atomic E-state index is -0.175. The molecule has 0 unspecified atom stereocenters. The maximum Gasteiger partial charge on any atom is 0.123 e. The Morgan fingerprint density at radius 1 is 1.20 bits per heavy atom. The molecule has 0 amide bonds. The largest absolute Gasteiger partial charge is 0.368 e. The highest BCUT2D eigenvalue weighted by Crippen LogP contribution is 2.27. The topological polar surface area (TPSA) is 29.3 Å². The molecule has 0 saturated heterocycles. The predicted octanol–water partition coefficient (Wildman–Crippen LogP) is 3.98. The number of hydrogen-bond acceptors (Lipinski definition) is 2. The van der Waals surface area contributed by atoms with Crippen LogP contribution in [0, 0.1) is 11.7 Å². The van der Waals surface area contributed by atoms with Gasteiger partial charge in [0, 0.05) is 18.3 Å². The average Bonchev–Trinajstić information content (AvgIpc) is 2.39. The molecule has 2 N–H and O–H groups in total. The first-order valence-electron chi connectivity index (χ1n) is 7.78. The van der Waals surface area contributed by atoms with Crippen LogP contribution >= 0.6 is 0 Å². The van der Waals surface area contributed by atoms with Gasteiger partial charge in [-0.3, -0.25) is 0 Å². The molecule has 0 saturated carbocycles. The summed E-state index contributed by atoms with van der Waals surface area (Å²) < 4.78 is 13.5. The first kappa shape index (κ1) is 17.0. The molecule has 0 heterocycles. The standard InChI is InChI=1S/C17H29FN2/c1-5-16(6-2)20(12-13(3)4)17-8-7-15(18)11-14(17)9-10-19/h7-8,11,13,16H,5-6,9-10,12,19H2,1-4H3. The zero-order chi connectivity index (χ0) is 15.1. The monoisotopic (exact) mass is 280 g/mol. The summed E-state index contributed by atoms with van der Waals surface area (Å²) >= 11 is 0. The fourth-order valence-electron chi connectivity index (χ4n) is 2.76. The van der Waals surface area contributed by atoms with Crippen molar-refractivity contribution < 1.29 is 4.39 Å². The molecule has 1 aromatic rings. The van der Waals surface area contributed by atoms with E-state index in [4.69, 9.17) is 5.73 Å². The van der Waals surface area contributed by atoms with Gasteiger partial charge in [-0.1, -0.05) is 27.7 Å². The summed E-state index contributed by atoms with van der Waals surface area (Å²) in [6, 6.07) is 5.61. The molecule has 0 fully saturated rings. The third-order valence-corrected chi connectivity index (χ3v) is 3.71. The summed E-state index contributed by atoms with van der Waals surface area (Å²) in [4.78, 5) is 2.44. The molecule has 0 aliphatic rings. The van der Waals surface area contributed by atoms with E-state index in [1.807, 2.05) is 6.07 Å². The van der Waals surface area contributed by atoms with E-state index in [0.717, 1.165) is 37.1 Å². The summed E-state index contributed by atoms with van der Waals surface area (Å²) in [6.07, 6.45) is 2.92. The van der Waals surface area contributed by atoms with E-state index in [1.165, 1.54) is 0 Å². The number of nitrogens with zero attached hydrogens (tertiary/aromatic N) is 1. The Morgan fingerprint density at radius 2 is 1.85 bits per heavy atom. The number of anilines is 1. The van der Waals surface area contributed by atoms with Crippen LogP contribution in [0.1, 0.15) is 46.1 Å². The normalized spacial score (nSPS) is 11.4. The molecular formula is C17H29FN2. The Labute approximate surface area is 123 Å². The van der Waals surface area contributed by atoms with Crippen LogP contribution < -0.4 is 10.6 Å². The van der Waals surface area contributed by atoms with Gasteiger partial charge in [0.1, 0.15) is 5.82 Å². The second-order valence-corrected chi connectivity index (χ2v) is 5.83. The maximum absolute atomic E-state index is 13.5. The molecule has 0 radical (unpaired) electrons. The van der Waals surface area contributed by atoms with Crippen LogP contribution in [-0.4, -0.2) is 19.1 Å². The summed E-state index contributed by atoms with van der Waals surface area (Å²) in [5.74, 6) is 0.401. The lowest BCUT2D eigenvalue weighted by molar-refractivity contribution is 0.505. The minimum absolute atomic E-state index is 0.175. The van der Waals surface area contributed by atoms with Crippen LogP contribution in [-0.2, 0) is 6.42 Å². The Kier molecular flexibility index (Phi) is 7.00. The first-order valence-corrected chi connectivity index (χ1v) is 7.78. The third-order valence-electron chi connectivity index (χ3n) is 3.71. The van der Waals surface area contributed by atoms with Crippen molar-refractivity contribution in [3.63, 3.8) is 0 Å². The molecule has 3 heteroatoms. The van der Waals surface area contributed by atoms with Gasteiger partial charge in [0.25, 0.3) is 0 Å². The Hall–Kier alpha value is -1.09. The summed E-state index contributed by atoms with van der Waals surface area (Å²) in [7, 11) is 0. The first-order chi connectivity index (χ1) is 9.53. The van der Waals surface area contributed by atoms with E-state index >= 15 is 0 Å². The van der Waals surface area contributed by atoms with Crippen molar-refractivity contribution in [2.75, 3.05) is 18.0 Å². The number of nitrogens with two attached hydrogens (primary N) is 1. The number of halogens is 1. The lowest BCUT2D eigenvalue weighted by Gasteiger charge is -2.35. The second kappa shape index (κ2) is 8.25. The highest BCUT2D eigenvalue weighted by atomic mass is 19.1. The molecule has 20 heavy (non-hydrogen) atoms. The summed E-state index contributed by atoms with van der Waals surface area (Å²) in [5.41, 5.74) is 7.86. The molecule has 0 aliphatic heterocycles. The van der Waals surface area contributed by atoms with Crippen LogP contribution in [0.4, 0.5) is 10.1 Å². The van der Waals surface area contributed by atoms with Gasteiger partial charge in [0.2, 0.25) is 0 Å². The highest BCUT2D eigenvalue weighted by Gasteiger charge is 2.19. The highest BCUT2D eigenvalue weighted by molar-refractivity contribution is 5.55. The molecule has 0 aliphatic carbocycles. The van der Waals surface area contributed by atoms with Crippen molar-refractivity contribution in [2.24, 2.45) is 11.7 Å². The van der Waals surface area contributed by atoms with Crippen molar-refractivity contribution in [2.45, 2.75) is 53.0 Å². The second-order valence-electron chi connectivity index (χ2n) is 5.83. The van der Waals surface area contributed by atoms with Gasteiger partial charge in [-0.05, 0) is 55.5 Å². The molecule has 1 rings (SSSR count). The molecular weight excluding hydrogens is 251 g/mol. The SMILES string of the molecule is CCC(CC)N(CC(C)C)c1ccc(F)cc1CCN. The quantitative estimate of drug-likeness (QED) is 0.780. The van der Waals surface area contributed by atoms with Gasteiger partial charge in [-0.15, -0.1) is 0 Å². The van der Waals surface area contributed by atoms with Gasteiger partial charge in [-0.2, -0.15) is 0 Å². The van der Waals surface area contributed by atoms with Crippen molar-refractivity contribution in [1.82, 2.24) is 0 Å². The molecule has 0 bridgehead atoms. The van der Waals surface area contributed by atoms with E-state index < -0.39 is 0 Å². The van der Waals surface area contributed by atoms with Crippen LogP contribution in [0.2, 0.25) is 0 Å². The summed E-state index contributed by atoms with van der Waals surface area (Å²) in [5, 5.41) is 0. The lowest BCUT2D eigenvalue weighted by atomic mass is 10.0. The molecule has 0 atom stereocenters. The van der Waals surface area contributed by atoms with Gasteiger partial charge >= 0.3 is 0 Å². The number of hydrogen-bond donors (Lipinski definition) is 1. The Morgan fingerprint density at radius 3 is 2.35 bits per heavy atom. The van der Waals surface area contributed by atoms with Crippen LogP contribution in [0.25, 0.3) is 0 Å². The van der Waals surface area contributed by atoms with E-state index in [0.29, 0.717) is 18.5 Å². The number of rotatable bonds is 8. The van der Waals surface area contributed by atoms with Gasteiger partial charge in [-0.25, -0.2) is 4.39 Å². The molecule has 2 nitrogen and oxygen atoms in total. The van der Waals surface area contributed by atoms with E-state index in [2.05, 4.69) is 32.6 Å². The fourth-order valence-corrected chi connectivity index (χ4v) is 2.76. The summed E-state index contributed by atoms with van der Waals surface area (Å²) in [6.45, 7) is 10.4. The van der Waals surface area contributed by atoms with E-state index in [-0.39, 0.29) is 5.82 Å². The zero-order valence-corrected chi connectivity index (χ0v) is 13.3. The maximum atomic E-state index is 13.5. The van der Waals surface area contributed by atoms with E-state index in [1.54, 1.807) is 12.1 Å². The van der Waals surface area contributed by atoms with Gasteiger partial charge < -0.3 is 10.6 Å². The number of benzene rings is 1. The predicted molar refractivity (Wildman–Crippen MR) is 85.7 cm³/mol. The fraction of sp³-hybridized carbons (Fsp3) is 0.647. The average molecular weight is 280 g/mol. The van der Waals surface area contributed by atoms with E-state index in [9.17, 15) is 4.39 Å².